The second kappa shape index (κ2) is 16.2. The van der Waals surface area contributed by atoms with Gasteiger partial charge in [-0.15, -0.1) is 0 Å². The maximum atomic E-state index is 2.52. The Labute approximate surface area is 146 Å². The van der Waals surface area contributed by atoms with Crippen LogP contribution in [0.5, 0.6) is 0 Å². The Morgan fingerprint density at radius 1 is 0.684 bits per heavy atom. The highest BCUT2D eigenvalue weighted by Crippen LogP contribution is 2.57. The zero-order valence-corrected chi connectivity index (χ0v) is 19.0. The van der Waals surface area contributed by atoms with Crippen LogP contribution >= 0.6 is 15.8 Å². The van der Waals surface area contributed by atoms with Gasteiger partial charge in [-0.25, -0.2) is 0 Å². The van der Waals surface area contributed by atoms with Crippen LogP contribution in [-0.4, -0.2) is 29.5 Å². The Balaban J connectivity index is -0.00000128. The van der Waals surface area contributed by atoms with E-state index in [-0.39, 0.29) is 49.8 Å². The van der Waals surface area contributed by atoms with Gasteiger partial charge in [0.15, 0.2) is 5.90 Å². The van der Waals surface area contributed by atoms with E-state index in [1.165, 1.54) is 25.7 Å². The molecule has 0 bridgehead atoms. The average Bonchev–Trinajstić information content (AvgIpc) is 2.35. The summed E-state index contributed by atoms with van der Waals surface area (Å²) in [6, 6.07) is 0. The third kappa shape index (κ3) is 11.1. The molecular formula is C15H36Br2P2. The molecule has 120 valence electrons. The van der Waals surface area contributed by atoms with Crippen molar-refractivity contribution in [3.05, 3.63) is 0 Å². The van der Waals surface area contributed by atoms with E-state index in [1.807, 2.05) is 0 Å². The minimum atomic E-state index is -0.0540. The first-order chi connectivity index (χ1) is 8.10. The number of halogens is 2. The van der Waals surface area contributed by atoms with Crippen LogP contribution in [0, 0.1) is 0 Å². The maximum Gasteiger partial charge on any atom is 0.155 e. The number of hydrogen-bond acceptors (Lipinski definition) is 0. The van der Waals surface area contributed by atoms with Crippen molar-refractivity contribution in [1.82, 2.24) is 0 Å². The van der Waals surface area contributed by atoms with Gasteiger partial charge in [0.2, 0.25) is 0 Å². The summed E-state index contributed by atoms with van der Waals surface area (Å²) in [4.78, 5) is 0. The van der Waals surface area contributed by atoms with Crippen molar-refractivity contribution in [2.24, 2.45) is 0 Å². The van der Waals surface area contributed by atoms with Crippen molar-refractivity contribution in [3.63, 3.8) is 0 Å². The summed E-state index contributed by atoms with van der Waals surface area (Å²) in [5.41, 5.74) is 2.08. The fourth-order valence-corrected chi connectivity index (χ4v) is 12.5. The molecule has 0 aromatic carbocycles. The molecule has 0 aliphatic carbocycles. The molecular weight excluding hydrogens is 402 g/mol. The first kappa shape index (κ1) is 25.8. The molecule has 0 nitrogen and oxygen atoms in total. The highest BCUT2D eigenvalue weighted by atomic mass is 79.9. The Bertz CT molecular complexity index is 162. The monoisotopic (exact) mass is 436 g/mol. The summed E-state index contributed by atoms with van der Waals surface area (Å²) < 4.78 is 0. The molecule has 0 aliphatic heterocycles. The summed E-state index contributed by atoms with van der Waals surface area (Å²) in [6.07, 6.45) is 8.79. The van der Waals surface area contributed by atoms with Gasteiger partial charge in [0.25, 0.3) is 0 Å². The van der Waals surface area contributed by atoms with E-state index in [9.17, 15) is 0 Å². The van der Waals surface area contributed by atoms with Crippen LogP contribution < -0.4 is 34.0 Å². The van der Waals surface area contributed by atoms with E-state index in [1.54, 1.807) is 18.2 Å². The van der Waals surface area contributed by atoms with E-state index < -0.39 is 0 Å². The summed E-state index contributed by atoms with van der Waals surface area (Å²) in [5.74, 6) is 1.68. The van der Waals surface area contributed by atoms with Gasteiger partial charge in [-0.05, 0) is 39.5 Å². The largest absolute Gasteiger partial charge is 1.00 e. The molecule has 0 rings (SSSR count). The van der Waals surface area contributed by atoms with Gasteiger partial charge in [-0.3, -0.25) is 0 Å². The summed E-state index contributed by atoms with van der Waals surface area (Å²) in [6.45, 7) is 14.6. The summed E-state index contributed by atoms with van der Waals surface area (Å²) in [7, 11) is -0.108. The SMILES string of the molecule is CCC[PH+](C[PH+](CCC)C(C)CC)C(C)CC.[Br-].[Br-]. The second-order valence-electron chi connectivity index (χ2n) is 5.61. The predicted molar refractivity (Wildman–Crippen MR) is 91.3 cm³/mol. The molecule has 4 unspecified atom stereocenters. The highest BCUT2D eigenvalue weighted by Gasteiger charge is 2.32. The predicted octanol–water partition coefficient (Wildman–Crippen LogP) is -0.203. The fourth-order valence-electron chi connectivity index (χ4n) is 2.53. The van der Waals surface area contributed by atoms with Gasteiger partial charge < -0.3 is 34.0 Å². The molecule has 0 aliphatic rings. The number of rotatable bonds is 10. The molecule has 0 amide bonds. The molecule has 19 heavy (non-hydrogen) atoms. The molecule has 4 heteroatoms. The average molecular weight is 438 g/mol. The Hall–Kier alpha value is 1.82. The zero-order valence-electron chi connectivity index (χ0n) is 13.9. The number of hydrogen-bond donors (Lipinski definition) is 0. The van der Waals surface area contributed by atoms with Gasteiger partial charge in [0, 0.05) is 15.8 Å². The normalized spacial score (nSPS) is 16.7. The lowest BCUT2D eigenvalue weighted by Crippen LogP contribution is -3.00. The second-order valence-corrected chi connectivity index (χ2v) is 12.6. The molecule has 0 heterocycles. The van der Waals surface area contributed by atoms with E-state index >= 15 is 0 Å². The van der Waals surface area contributed by atoms with Gasteiger partial charge in [-0.2, -0.15) is 0 Å². The Morgan fingerprint density at radius 2 is 1.00 bits per heavy atom. The van der Waals surface area contributed by atoms with Crippen molar-refractivity contribution in [3.8, 4) is 0 Å². The van der Waals surface area contributed by atoms with Gasteiger partial charge in [0.1, 0.15) is 0 Å². The van der Waals surface area contributed by atoms with E-state index in [0.29, 0.717) is 0 Å². The lowest BCUT2D eigenvalue weighted by molar-refractivity contribution is -0.00100. The van der Waals surface area contributed by atoms with Crippen LogP contribution in [0.2, 0.25) is 0 Å². The van der Waals surface area contributed by atoms with Gasteiger partial charge in [-0.1, -0.05) is 27.7 Å². The first-order valence-corrected chi connectivity index (χ1v) is 11.8. The molecule has 0 spiro atoms. The maximum absolute atomic E-state index is 2.52. The van der Waals surface area contributed by atoms with Crippen LogP contribution in [0.25, 0.3) is 0 Å². The molecule has 0 aromatic rings. The van der Waals surface area contributed by atoms with Crippen molar-refractivity contribution in [2.75, 3.05) is 18.2 Å². The van der Waals surface area contributed by atoms with Gasteiger partial charge >= 0.3 is 0 Å². The Morgan fingerprint density at radius 3 is 1.21 bits per heavy atom. The fraction of sp³-hybridized carbons (Fsp3) is 1.00. The van der Waals surface area contributed by atoms with Crippen molar-refractivity contribution >= 4 is 15.8 Å². The molecule has 4 atom stereocenters. The molecule has 0 fully saturated rings. The minimum Gasteiger partial charge on any atom is -1.00 e. The molecule has 0 saturated carbocycles. The first-order valence-electron chi connectivity index (χ1n) is 7.79. The lowest BCUT2D eigenvalue weighted by Gasteiger charge is -2.21. The quantitative estimate of drug-likeness (QED) is 0.415. The molecule has 0 N–H and O–H groups in total. The van der Waals surface area contributed by atoms with Gasteiger partial charge in [0.05, 0.1) is 23.6 Å². The van der Waals surface area contributed by atoms with Crippen LogP contribution in [0.3, 0.4) is 0 Å². The summed E-state index contributed by atoms with van der Waals surface area (Å²) >= 11 is 0. The third-order valence-corrected chi connectivity index (χ3v) is 13.7. The Kier molecular flexibility index (Phi) is 22.0. The van der Waals surface area contributed by atoms with E-state index in [4.69, 9.17) is 0 Å². The van der Waals surface area contributed by atoms with E-state index in [0.717, 1.165) is 11.3 Å². The minimum absolute atomic E-state index is 0. The topological polar surface area (TPSA) is 0 Å². The van der Waals surface area contributed by atoms with Crippen LogP contribution in [0.15, 0.2) is 0 Å². The lowest BCUT2D eigenvalue weighted by atomic mass is 10.4. The van der Waals surface area contributed by atoms with Crippen molar-refractivity contribution in [1.29, 1.82) is 0 Å². The molecule has 0 aromatic heterocycles. The van der Waals surface area contributed by atoms with Crippen LogP contribution in [0.1, 0.15) is 67.2 Å². The zero-order chi connectivity index (χ0) is 13.3. The van der Waals surface area contributed by atoms with Crippen molar-refractivity contribution in [2.45, 2.75) is 78.5 Å². The van der Waals surface area contributed by atoms with E-state index in [2.05, 4.69) is 41.5 Å². The smallest absolute Gasteiger partial charge is 0.155 e. The van der Waals surface area contributed by atoms with Crippen LogP contribution in [-0.2, 0) is 0 Å². The third-order valence-electron chi connectivity index (χ3n) is 4.21. The van der Waals surface area contributed by atoms with Crippen molar-refractivity contribution < 1.29 is 34.0 Å². The standard InChI is InChI=1S/C15H34P2.2BrH/c1-7-11-16(14(5)9-3)13-17(12-8-2)15(6)10-4;;/h14-15H,7-13H2,1-6H3;2*1H. The summed E-state index contributed by atoms with van der Waals surface area (Å²) in [5, 5.41) is 0. The molecule has 0 saturated heterocycles. The highest BCUT2D eigenvalue weighted by molar-refractivity contribution is 7.75. The molecule has 0 radical (unpaired) electrons. The van der Waals surface area contributed by atoms with Crippen LogP contribution in [0.4, 0.5) is 0 Å².